The predicted molar refractivity (Wildman–Crippen MR) is 112 cm³/mol. The standard InChI is InChI=1S/C7H6N3OS.3C4H9.Sn/c1-11-9-4-6-7-10(5-8-6)2-3-12-7;3*1-3-4-2;/h2,4-5H,1H3;3*1,3-4H2,2H3;. The van der Waals surface area contributed by atoms with E-state index < -0.39 is 18.4 Å². The van der Waals surface area contributed by atoms with E-state index in [1.54, 1.807) is 16.2 Å². The molecule has 0 aliphatic heterocycles. The average Bonchev–Trinajstić information content (AvgIpc) is 3.21. The van der Waals surface area contributed by atoms with Gasteiger partial charge in [-0.3, -0.25) is 0 Å². The Labute approximate surface area is 160 Å². The monoisotopic (exact) mass is 471 g/mol. The molecule has 0 aromatic carbocycles. The normalized spacial score (nSPS) is 12.5. The average molecular weight is 470 g/mol. The fourth-order valence-electron chi connectivity index (χ4n) is 3.54. The molecule has 0 amide bonds. The van der Waals surface area contributed by atoms with Crippen molar-refractivity contribution in [1.29, 1.82) is 0 Å². The molecule has 0 saturated heterocycles. The number of fused-ring (bicyclic) bond motifs is 1. The van der Waals surface area contributed by atoms with Gasteiger partial charge in [-0.2, -0.15) is 0 Å². The van der Waals surface area contributed by atoms with Gasteiger partial charge in [-0.15, -0.1) is 0 Å². The molecule has 0 aliphatic carbocycles. The van der Waals surface area contributed by atoms with Crippen LogP contribution in [0.4, 0.5) is 0 Å². The minimum atomic E-state index is -2.34. The summed E-state index contributed by atoms with van der Waals surface area (Å²) in [5.74, 6) is 0. The molecule has 0 aliphatic rings. The van der Waals surface area contributed by atoms with Gasteiger partial charge in [0.25, 0.3) is 0 Å². The fraction of sp³-hybridized carbons (Fsp3) is 0.684. The van der Waals surface area contributed by atoms with Crippen molar-refractivity contribution in [3.8, 4) is 0 Å². The second-order valence-electron chi connectivity index (χ2n) is 6.95. The minimum absolute atomic E-state index is 0.930. The van der Waals surface area contributed by atoms with E-state index in [9.17, 15) is 0 Å². The second-order valence-corrected chi connectivity index (χ2v) is 22.1. The van der Waals surface area contributed by atoms with E-state index in [-0.39, 0.29) is 0 Å². The van der Waals surface area contributed by atoms with Gasteiger partial charge in [0.2, 0.25) is 0 Å². The number of nitrogens with zero attached hydrogens (tertiary/aromatic N) is 3. The Hall–Kier alpha value is -0.561. The van der Waals surface area contributed by atoms with Crippen LogP contribution in [0, 0.1) is 0 Å². The Bertz CT molecular complexity index is 643. The van der Waals surface area contributed by atoms with Crippen molar-refractivity contribution in [3.05, 3.63) is 18.2 Å². The Kier molecular flexibility index (Phi) is 8.76. The van der Waals surface area contributed by atoms with Crippen molar-refractivity contribution in [2.45, 2.75) is 72.6 Å². The van der Waals surface area contributed by atoms with Crippen LogP contribution in [0.2, 0.25) is 13.3 Å². The number of rotatable bonds is 12. The molecule has 6 heteroatoms. The van der Waals surface area contributed by atoms with Gasteiger partial charge in [-0.25, -0.2) is 0 Å². The Morgan fingerprint density at radius 2 is 1.72 bits per heavy atom. The first-order chi connectivity index (χ1) is 12.2. The van der Waals surface area contributed by atoms with Crippen LogP contribution in [0.3, 0.4) is 0 Å². The molecule has 0 fully saturated rings. The molecular formula is C19H33N3OSSn. The number of unbranched alkanes of at least 4 members (excludes halogenated alkanes) is 3. The molecule has 4 nitrogen and oxygen atoms in total. The van der Waals surface area contributed by atoms with Gasteiger partial charge >= 0.3 is 161 Å². The summed E-state index contributed by atoms with van der Waals surface area (Å²) in [6.45, 7) is 7.00. The summed E-state index contributed by atoms with van der Waals surface area (Å²) in [5, 5.41) is 3.91. The number of aromatic nitrogens is 2. The van der Waals surface area contributed by atoms with Gasteiger partial charge in [-0.05, 0) is 0 Å². The third kappa shape index (κ3) is 5.22. The van der Waals surface area contributed by atoms with E-state index in [0.717, 1.165) is 5.69 Å². The van der Waals surface area contributed by atoms with Crippen LogP contribution in [-0.4, -0.2) is 41.1 Å². The third-order valence-corrected chi connectivity index (χ3v) is 24.4. The van der Waals surface area contributed by atoms with Gasteiger partial charge in [0.1, 0.15) is 0 Å². The van der Waals surface area contributed by atoms with Crippen LogP contribution in [0.15, 0.2) is 17.7 Å². The van der Waals surface area contributed by atoms with Crippen LogP contribution < -0.4 is 2.89 Å². The van der Waals surface area contributed by atoms with E-state index in [1.165, 1.54) is 56.7 Å². The summed E-state index contributed by atoms with van der Waals surface area (Å²) < 4.78 is 8.46. The van der Waals surface area contributed by atoms with Crippen LogP contribution >= 0.6 is 11.3 Å². The van der Waals surface area contributed by atoms with Gasteiger partial charge < -0.3 is 0 Å². The van der Waals surface area contributed by atoms with Crippen LogP contribution in [-0.2, 0) is 4.84 Å². The molecule has 0 radical (unpaired) electrons. The predicted octanol–water partition coefficient (Wildman–Crippen LogP) is 5.43. The van der Waals surface area contributed by atoms with Crippen molar-refractivity contribution >= 4 is 43.7 Å². The van der Waals surface area contributed by atoms with E-state index in [1.807, 2.05) is 17.7 Å². The third-order valence-electron chi connectivity index (χ3n) is 5.07. The Morgan fingerprint density at radius 1 is 1.12 bits per heavy atom. The summed E-state index contributed by atoms with van der Waals surface area (Å²) in [6, 6.07) is 0. The number of thiazole rings is 1. The molecule has 0 unspecified atom stereocenters. The molecule has 2 aromatic heterocycles. The SMILES string of the molecule is CCC[CH2][Sn]([CH2]CCC)([CH2]CCC)[c]1cn2cnc(C=NOC)c2s1. The van der Waals surface area contributed by atoms with Crippen molar-refractivity contribution < 1.29 is 4.84 Å². The maximum atomic E-state index is 4.84. The van der Waals surface area contributed by atoms with Crippen molar-refractivity contribution in [3.63, 3.8) is 0 Å². The summed E-state index contributed by atoms with van der Waals surface area (Å²) in [7, 11) is 1.57. The summed E-state index contributed by atoms with van der Waals surface area (Å²) in [5.41, 5.74) is 0.930. The molecule has 2 rings (SSSR count). The van der Waals surface area contributed by atoms with Crippen LogP contribution in [0.5, 0.6) is 0 Å². The van der Waals surface area contributed by atoms with Gasteiger partial charge in [0.15, 0.2) is 0 Å². The Morgan fingerprint density at radius 3 is 2.24 bits per heavy atom. The zero-order valence-electron chi connectivity index (χ0n) is 16.3. The van der Waals surface area contributed by atoms with Gasteiger partial charge in [0, 0.05) is 0 Å². The fourth-order valence-corrected chi connectivity index (χ4v) is 23.5. The van der Waals surface area contributed by atoms with Crippen molar-refractivity contribution in [2.75, 3.05) is 7.11 Å². The second kappa shape index (κ2) is 10.6. The van der Waals surface area contributed by atoms with E-state index in [0.29, 0.717) is 0 Å². The molecule has 25 heavy (non-hydrogen) atoms. The van der Waals surface area contributed by atoms with Gasteiger partial charge in [-0.1, -0.05) is 0 Å². The first-order valence-electron chi connectivity index (χ1n) is 9.74. The van der Waals surface area contributed by atoms with Crippen molar-refractivity contribution in [1.82, 2.24) is 9.38 Å². The molecular weight excluding hydrogens is 437 g/mol. The summed E-state index contributed by atoms with van der Waals surface area (Å²) >= 11 is -0.357. The summed E-state index contributed by atoms with van der Waals surface area (Å²) in [6.07, 6.45) is 14.2. The number of imidazole rings is 1. The zero-order chi connectivity index (χ0) is 18.1. The molecule has 0 bridgehead atoms. The molecule has 140 valence electrons. The number of oxime groups is 1. The molecule has 0 atom stereocenters. The quantitative estimate of drug-likeness (QED) is 0.236. The van der Waals surface area contributed by atoms with E-state index >= 15 is 0 Å². The van der Waals surface area contributed by atoms with E-state index in [4.69, 9.17) is 4.84 Å². The maximum absolute atomic E-state index is 4.84. The molecule has 2 aromatic rings. The molecule has 0 N–H and O–H groups in total. The Balaban J connectivity index is 2.41. The zero-order valence-corrected chi connectivity index (χ0v) is 19.9. The molecule has 0 spiro atoms. The number of hydrogen-bond donors (Lipinski definition) is 0. The topological polar surface area (TPSA) is 38.9 Å². The van der Waals surface area contributed by atoms with Crippen LogP contribution in [0.25, 0.3) is 4.83 Å². The van der Waals surface area contributed by atoms with Crippen molar-refractivity contribution in [2.24, 2.45) is 5.16 Å². The van der Waals surface area contributed by atoms with Gasteiger partial charge in [0.05, 0.1) is 0 Å². The summed E-state index contributed by atoms with van der Waals surface area (Å²) in [4.78, 5) is 10.5. The van der Waals surface area contributed by atoms with Crippen LogP contribution in [0.1, 0.15) is 65.0 Å². The molecule has 0 saturated carbocycles. The number of hydrogen-bond acceptors (Lipinski definition) is 4. The first-order valence-corrected chi connectivity index (χ1v) is 18.0. The first kappa shape index (κ1) is 20.7. The van der Waals surface area contributed by atoms with E-state index in [2.05, 4.69) is 41.5 Å². The molecule has 2 heterocycles.